The topological polar surface area (TPSA) is 79.4 Å². The summed E-state index contributed by atoms with van der Waals surface area (Å²) in [7, 11) is -3.43. The Morgan fingerprint density at radius 3 is 2.54 bits per heavy atom. The molecule has 0 radical (unpaired) electrons. The zero-order valence-corrected chi connectivity index (χ0v) is 16.8. The Hall–Kier alpha value is -1.77. The van der Waals surface area contributed by atoms with E-state index in [1.165, 1.54) is 15.6 Å². The first-order chi connectivity index (χ1) is 12.3. The summed E-state index contributed by atoms with van der Waals surface area (Å²) in [6.45, 7) is 6.49. The van der Waals surface area contributed by atoms with Crippen molar-refractivity contribution in [3.05, 3.63) is 40.5 Å². The summed E-state index contributed by atoms with van der Waals surface area (Å²) in [4.78, 5) is 17.0. The average molecular weight is 394 g/mol. The Bertz CT molecular complexity index is 877. The van der Waals surface area contributed by atoms with E-state index in [9.17, 15) is 13.2 Å². The number of piperidine rings is 1. The molecule has 3 rings (SSSR count). The fourth-order valence-electron chi connectivity index (χ4n) is 3.33. The number of carbonyl (C=O) groups is 1. The fraction of sp³-hybridized carbons (Fsp3) is 0.444. The second kappa shape index (κ2) is 7.46. The highest BCUT2D eigenvalue weighted by Crippen LogP contribution is 2.28. The number of nitrogens with one attached hydrogen (secondary N) is 1. The maximum atomic E-state index is 12.6. The van der Waals surface area contributed by atoms with E-state index in [2.05, 4.69) is 10.3 Å². The summed E-state index contributed by atoms with van der Waals surface area (Å²) in [5.74, 6) is -0.250. The van der Waals surface area contributed by atoms with E-state index in [0.717, 1.165) is 22.6 Å². The van der Waals surface area contributed by atoms with Crippen molar-refractivity contribution in [3.63, 3.8) is 0 Å². The number of hydrogen-bond donors (Lipinski definition) is 1. The molecule has 1 N–H and O–H groups in total. The monoisotopic (exact) mass is 393 g/mol. The normalized spacial score (nSPS) is 16.6. The maximum absolute atomic E-state index is 12.6. The number of pyridine rings is 1. The number of aromatic nitrogens is 1. The minimum absolute atomic E-state index is 0.0602. The Balaban J connectivity index is 1.64. The molecule has 140 valence electrons. The van der Waals surface area contributed by atoms with Crippen LogP contribution in [0.2, 0.25) is 0 Å². The molecule has 0 unspecified atom stereocenters. The molecule has 3 heterocycles. The number of nitrogens with zero attached hydrogens (tertiary/aromatic N) is 2. The lowest BCUT2D eigenvalue weighted by atomic mass is 9.97. The van der Waals surface area contributed by atoms with E-state index in [4.69, 9.17) is 0 Å². The summed E-state index contributed by atoms with van der Waals surface area (Å²) in [5, 5.41) is 4.75. The maximum Gasteiger partial charge on any atom is 0.252 e. The van der Waals surface area contributed by atoms with Gasteiger partial charge in [-0.2, -0.15) is 4.31 Å². The van der Waals surface area contributed by atoms with Crippen molar-refractivity contribution in [2.75, 3.05) is 18.4 Å². The van der Waals surface area contributed by atoms with Crippen LogP contribution in [0.5, 0.6) is 0 Å². The first-order valence-corrected chi connectivity index (χ1v) is 10.9. The number of rotatable bonds is 4. The van der Waals surface area contributed by atoms with Crippen LogP contribution in [-0.2, 0) is 14.8 Å². The average Bonchev–Trinajstić information content (AvgIpc) is 3.13. The number of amides is 1. The molecule has 0 atom stereocenters. The summed E-state index contributed by atoms with van der Waals surface area (Å²) >= 11 is 1.22. The molecule has 0 bridgehead atoms. The lowest BCUT2D eigenvalue weighted by molar-refractivity contribution is -0.120. The lowest BCUT2D eigenvalue weighted by Crippen LogP contribution is -2.41. The standard InChI is InChI=1S/C18H23N3O3S2/c1-12-11-13(2)19-14(3)17(12)20-18(22)15-6-8-21(9-7-15)26(23,24)16-5-4-10-25-16/h4-5,10-11,15H,6-9H2,1-3H3,(H,20,22). The van der Waals surface area contributed by atoms with Crippen molar-refractivity contribution in [2.45, 2.75) is 37.8 Å². The molecule has 1 saturated heterocycles. The molecule has 1 amide bonds. The van der Waals surface area contributed by atoms with Crippen LogP contribution in [0.25, 0.3) is 0 Å². The van der Waals surface area contributed by atoms with E-state index in [0.29, 0.717) is 30.1 Å². The van der Waals surface area contributed by atoms with Gasteiger partial charge in [0, 0.05) is 24.7 Å². The largest absolute Gasteiger partial charge is 0.324 e. The van der Waals surface area contributed by atoms with E-state index in [-0.39, 0.29) is 11.8 Å². The molecule has 1 aliphatic rings. The number of carbonyl (C=O) groups excluding carboxylic acids is 1. The fourth-order valence-corrected chi connectivity index (χ4v) is 5.95. The Labute approximate surface area is 158 Å². The smallest absolute Gasteiger partial charge is 0.252 e. The number of thiophene rings is 1. The summed E-state index contributed by atoms with van der Waals surface area (Å²) in [6.07, 6.45) is 1.04. The Morgan fingerprint density at radius 2 is 1.96 bits per heavy atom. The highest BCUT2D eigenvalue weighted by Gasteiger charge is 2.32. The quantitative estimate of drug-likeness (QED) is 0.866. The third-order valence-corrected chi connectivity index (χ3v) is 7.96. The van der Waals surface area contributed by atoms with Crippen LogP contribution in [0.3, 0.4) is 0 Å². The van der Waals surface area contributed by atoms with Gasteiger partial charge in [0.05, 0.1) is 11.4 Å². The van der Waals surface area contributed by atoms with Gasteiger partial charge in [-0.1, -0.05) is 6.07 Å². The Morgan fingerprint density at radius 1 is 1.27 bits per heavy atom. The van der Waals surface area contributed by atoms with Crippen molar-refractivity contribution < 1.29 is 13.2 Å². The van der Waals surface area contributed by atoms with E-state index in [1.54, 1.807) is 17.5 Å². The van der Waals surface area contributed by atoms with Gasteiger partial charge in [0.1, 0.15) is 4.21 Å². The van der Waals surface area contributed by atoms with Gasteiger partial charge in [-0.25, -0.2) is 8.42 Å². The second-order valence-corrected chi connectivity index (χ2v) is 9.75. The summed E-state index contributed by atoms with van der Waals surface area (Å²) in [5.41, 5.74) is 3.47. The van der Waals surface area contributed by atoms with Crippen molar-refractivity contribution in [3.8, 4) is 0 Å². The number of sulfonamides is 1. The van der Waals surface area contributed by atoms with Gasteiger partial charge in [-0.3, -0.25) is 9.78 Å². The molecule has 1 aliphatic heterocycles. The molecule has 2 aromatic heterocycles. The van der Waals surface area contributed by atoms with Crippen molar-refractivity contribution in [1.82, 2.24) is 9.29 Å². The third kappa shape index (κ3) is 3.82. The minimum Gasteiger partial charge on any atom is -0.324 e. The second-order valence-electron chi connectivity index (χ2n) is 6.64. The molecule has 0 saturated carbocycles. The molecule has 0 aliphatic carbocycles. The summed E-state index contributed by atoms with van der Waals surface area (Å²) in [6, 6.07) is 5.30. The van der Waals surface area contributed by atoms with Gasteiger partial charge in [-0.15, -0.1) is 11.3 Å². The predicted octanol–water partition coefficient (Wildman–Crippen LogP) is 3.11. The SMILES string of the molecule is Cc1cc(C)c(NC(=O)C2CCN(S(=O)(=O)c3cccs3)CC2)c(C)n1. The molecule has 26 heavy (non-hydrogen) atoms. The lowest BCUT2D eigenvalue weighted by Gasteiger charge is -2.30. The van der Waals surface area contributed by atoms with Crippen molar-refractivity contribution in [2.24, 2.45) is 5.92 Å². The van der Waals surface area contributed by atoms with E-state index >= 15 is 0 Å². The van der Waals surface area contributed by atoms with E-state index in [1.807, 2.05) is 26.8 Å². The minimum atomic E-state index is -3.43. The molecule has 6 nitrogen and oxygen atoms in total. The zero-order valence-electron chi connectivity index (χ0n) is 15.2. The predicted molar refractivity (Wildman–Crippen MR) is 103 cm³/mol. The van der Waals surface area contributed by atoms with Crippen LogP contribution in [0.4, 0.5) is 5.69 Å². The molecular formula is C18H23N3O3S2. The van der Waals surface area contributed by atoms with Gasteiger partial charge in [0.2, 0.25) is 5.91 Å². The van der Waals surface area contributed by atoms with Crippen LogP contribution in [0.15, 0.2) is 27.8 Å². The van der Waals surface area contributed by atoms with Gasteiger partial charge in [0.25, 0.3) is 10.0 Å². The molecule has 0 aromatic carbocycles. The number of anilines is 1. The van der Waals surface area contributed by atoms with Crippen molar-refractivity contribution >= 4 is 33.0 Å². The first-order valence-electron chi connectivity index (χ1n) is 8.58. The number of aryl methyl sites for hydroxylation is 3. The molecular weight excluding hydrogens is 370 g/mol. The summed E-state index contributed by atoms with van der Waals surface area (Å²) < 4.78 is 27.0. The first kappa shape index (κ1) is 19.0. The van der Waals surface area contributed by atoms with Crippen LogP contribution in [-0.4, -0.2) is 36.7 Å². The molecule has 1 fully saturated rings. The van der Waals surface area contributed by atoms with Gasteiger partial charge < -0.3 is 5.32 Å². The van der Waals surface area contributed by atoms with E-state index < -0.39 is 10.0 Å². The van der Waals surface area contributed by atoms with Crippen LogP contribution in [0, 0.1) is 26.7 Å². The van der Waals surface area contributed by atoms with Gasteiger partial charge >= 0.3 is 0 Å². The highest BCUT2D eigenvalue weighted by atomic mass is 32.2. The number of hydrogen-bond acceptors (Lipinski definition) is 5. The third-order valence-electron chi connectivity index (χ3n) is 4.69. The zero-order chi connectivity index (χ0) is 18.9. The molecule has 8 heteroatoms. The van der Waals surface area contributed by atoms with Crippen LogP contribution < -0.4 is 5.32 Å². The molecule has 2 aromatic rings. The molecule has 0 spiro atoms. The van der Waals surface area contributed by atoms with Crippen LogP contribution in [0.1, 0.15) is 29.8 Å². The van der Waals surface area contributed by atoms with Crippen molar-refractivity contribution in [1.29, 1.82) is 0 Å². The van der Waals surface area contributed by atoms with Crippen LogP contribution >= 0.6 is 11.3 Å². The highest BCUT2D eigenvalue weighted by molar-refractivity contribution is 7.91. The van der Waals surface area contributed by atoms with Gasteiger partial charge in [-0.05, 0) is 56.7 Å². The van der Waals surface area contributed by atoms with Gasteiger partial charge in [0.15, 0.2) is 0 Å². The Kier molecular flexibility index (Phi) is 5.45.